The molecule has 0 bridgehead atoms. The van der Waals surface area contributed by atoms with Gasteiger partial charge in [0.15, 0.2) is 0 Å². The summed E-state index contributed by atoms with van der Waals surface area (Å²) < 4.78 is 2.23. The molecule has 1 nitrogen and oxygen atoms in total. The number of aromatic nitrogens is 1. The van der Waals surface area contributed by atoms with Crippen molar-refractivity contribution in [3.8, 4) is 0 Å². The van der Waals surface area contributed by atoms with E-state index in [1.165, 1.54) is 16.8 Å². The first-order valence-corrected chi connectivity index (χ1v) is 5.53. The normalized spacial score (nSPS) is 10.4. The van der Waals surface area contributed by atoms with E-state index in [9.17, 15) is 0 Å². The molecule has 1 heterocycles. The second kappa shape index (κ2) is 4.40. The summed E-state index contributed by atoms with van der Waals surface area (Å²) in [6.45, 7) is 9.06. The maximum absolute atomic E-state index is 3.99. The fourth-order valence-corrected chi connectivity index (χ4v) is 1.83. The number of hydrogen-bond acceptors (Lipinski definition) is 0. The third-order valence-electron chi connectivity index (χ3n) is 2.74. The SMILES string of the molecule is C=C(C)c1cccn1Cc1ccc(C)cc1. The Morgan fingerprint density at radius 2 is 1.88 bits per heavy atom. The average molecular weight is 211 g/mol. The highest BCUT2D eigenvalue weighted by atomic mass is 15.0. The maximum atomic E-state index is 3.99. The van der Waals surface area contributed by atoms with Crippen LogP contribution in [0.2, 0.25) is 0 Å². The topological polar surface area (TPSA) is 4.93 Å². The summed E-state index contributed by atoms with van der Waals surface area (Å²) in [4.78, 5) is 0. The number of aryl methyl sites for hydroxylation is 1. The van der Waals surface area contributed by atoms with Gasteiger partial charge in [-0.1, -0.05) is 36.4 Å². The zero-order chi connectivity index (χ0) is 11.5. The molecule has 2 aromatic rings. The molecule has 0 radical (unpaired) electrons. The summed E-state index contributed by atoms with van der Waals surface area (Å²) in [6.07, 6.45) is 2.10. The van der Waals surface area contributed by atoms with Gasteiger partial charge in [-0.25, -0.2) is 0 Å². The van der Waals surface area contributed by atoms with Crippen molar-refractivity contribution in [3.05, 3.63) is 66.0 Å². The van der Waals surface area contributed by atoms with Crippen LogP contribution in [0.3, 0.4) is 0 Å². The molecule has 16 heavy (non-hydrogen) atoms. The van der Waals surface area contributed by atoms with E-state index < -0.39 is 0 Å². The Labute approximate surface area is 97.0 Å². The van der Waals surface area contributed by atoms with E-state index in [4.69, 9.17) is 0 Å². The van der Waals surface area contributed by atoms with Gasteiger partial charge < -0.3 is 4.57 Å². The molecule has 0 spiro atoms. The predicted octanol–water partition coefficient (Wildman–Crippen LogP) is 3.88. The highest BCUT2D eigenvalue weighted by Crippen LogP contribution is 2.14. The van der Waals surface area contributed by atoms with Gasteiger partial charge >= 0.3 is 0 Å². The third-order valence-corrected chi connectivity index (χ3v) is 2.74. The van der Waals surface area contributed by atoms with Crippen molar-refractivity contribution in [1.82, 2.24) is 4.57 Å². The van der Waals surface area contributed by atoms with Gasteiger partial charge in [0.25, 0.3) is 0 Å². The Bertz CT molecular complexity index is 488. The highest BCUT2D eigenvalue weighted by molar-refractivity contribution is 5.58. The Hall–Kier alpha value is -1.76. The lowest BCUT2D eigenvalue weighted by molar-refractivity contribution is 0.793. The summed E-state index contributed by atoms with van der Waals surface area (Å²) in [5, 5.41) is 0. The van der Waals surface area contributed by atoms with Crippen LogP contribution in [0.15, 0.2) is 49.2 Å². The molecule has 0 unspecified atom stereocenters. The summed E-state index contributed by atoms with van der Waals surface area (Å²) in [5.74, 6) is 0. The summed E-state index contributed by atoms with van der Waals surface area (Å²) in [7, 11) is 0. The van der Waals surface area contributed by atoms with Crippen LogP contribution in [0, 0.1) is 6.92 Å². The van der Waals surface area contributed by atoms with Gasteiger partial charge in [-0.2, -0.15) is 0 Å². The molecule has 0 fully saturated rings. The molecule has 82 valence electrons. The van der Waals surface area contributed by atoms with Crippen LogP contribution in [0.1, 0.15) is 23.7 Å². The van der Waals surface area contributed by atoms with E-state index in [0.29, 0.717) is 0 Å². The number of nitrogens with zero attached hydrogens (tertiary/aromatic N) is 1. The van der Waals surface area contributed by atoms with E-state index in [0.717, 1.165) is 12.1 Å². The number of hydrogen-bond donors (Lipinski definition) is 0. The van der Waals surface area contributed by atoms with Crippen LogP contribution in [0.4, 0.5) is 0 Å². The quantitative estimate of drug-likeness (QED) is 0.726. The number of rotatable bonds is 3. The van der Waals surface area contributed by atoms with Gasteiger partial charge in [0.1, 0.15) is 0 Å². The minimum Gasteiger partial charge on any atom is -0.343 e. The Morgan fingerprint density at radius 3 is 2.50 bits per heavy atom. The fraction of sp³-hybridized carbons (Fsp3) is 0.200. The van der Waals surface area contributed by atoms with Crippen molar-refractivity contribution in [2.45, 2.75) is 20.4 Å². The molecule has 0 amide bonds. The van der Waals surface area contributed by atoms with E-state index >= 15 is 0 Å². The van der Waals surface area contributed by atoms with E-state index in [1.54, 1.807) is 0 Å². The smallest absolute Gasteiger partial charge is 0.0476 e. The first kappa shape index (κ1) is 10.7. The highest BCUT2D eigenvalue weighted by Gasteiger charge is 2.01. The van der Waals surface area contributed by atoms with Crippen LogP contribution >= 0.6 is 0 Å². The lowest BCUT2D eigenvalue weighted by atomic mass is 10.1. The molecule has 2 rings (SSSR count). The zero-order valence-corrected chi connectivity index (χ0v) is 9.90. The first-order valence-electron chi connectivity index (χ1n) is 5.53. The van der Waals surface area contributed by atoms with E-state index in [-0.39, 0.29) is 0 Å². The minimum atomic E-state index is 0.912. The van der Waals surface area contributed by atoms with Crippen molar-refractivity contribution in [2.24, 2.45) is 0 Å². The van der Waals surface area contributed by atoms with Crippen molar-refractivity contribution >= 4 is 5.57 Å². The van der Waals surface area contributed by atoms with Gasteiger partial charge in [-0.15, -0.1) is 0 Å². The molecular formula is C15H17N. The van der Waals surface area contributed by atoms with Crippen molar-refractivity contribution in [3.63, 3.8) is 0 Å². The van der Waals surface area contributed by atoms with Crippen molar-refractivity contribution < 1.29 is 0 Å². The molecule has 1 aromatic carbocycles. The molecule has 0 saturated carbocycles. The second-order valence-electron chi connectivity index (χ2n) is 4.29. The lowest BCUT2D eigenvalue weighted by Gasteiger charge is -2.09. The number of allylic oxidation sites excluding steroid dienone is 1. The van der Waals surface area contributed by atoms with Crippen LogP contribution in [0.25, 0.3) is 5.57 Å². The average Bonchev–Trinajstić information content (AvgIpc) is 2.69. The van der Waals surface area contributed by atoms with Crippen molar-refractivity contribution in [1.29, 1.82) is 0 Å². The minimum absolute atomic E-state index is 0.912. The van der Waals surface area contributed by atoms with Crippen molar-refractivity contribution in [2.75, 3.05) is 0 Å². The molecular weight excluding hydrogens is 194 g/mol. The first-order chi connectivity index (χ1) is 7.66. The molecule has 1 aromatic heterocycles. The predicted molar refractivity (Wildman–Crippen MR) is 69.4 cm³/mol. The van der Waals surface area contributed by atoms with Crippen LogP contribution in [-0.4, -0.2) is 4.57 Å². The molecule has 0 aliphatic carbocycles. The fourth-order valence-electron chi connectivity index (χ4n) is 1.83. The Balaban J connectivity index is 2.23. The van der Waals surface area contributed by atoms with Gasteiger partial charge in [-0.05, 0) is 37.1 Å². The van der Waals surface area contributed by atoms with Crippen LogP contribution < -0.4 is 0 Å². The zero-order valence-electron chi connectivity index (χ0n) is 9.90. The molecule has 0 aliphatic heterocycles. The molecule has 0 atom stereocenters. The monoisotopic (exact) mass is 211 g/mol. The third kappa shape index (κ3) is 2.25. The summed E-state index contributed by atoms with van der Waals surface area (Å²) in [5.41, 5.74) is 4.94. The standard InChI is InChI=1S/C15H17N/c1-12(2)15-5-4-10-16(15)11-14-8-6-13(3)7-9-14/h4-10H,1,11H2,2-3H3. The summed E-state index contributed by atoms with van der Waals surface area (Å²) in [6, 6.07) is 12.8. The van der Waals surface area contributed by atoms with Gasteiger partial charge in [0, 0.05) is 18.4 Å². The largest absolute Gasteiger partial charge is 0.343 e. The molecule has 0 N–H and O–H groups in total. The summed E-state index contributed by atoms with van der Waals surface area (Å²) >= 11 is 0. The van der Waals surface area contributed by atoms with E-state index in [2.05, 4.69) is 60.7 Å². The molecule has 0 saturated heterocycles. The number of benzene rings is 1. The Morgan fingerprint density at radius 1 is 1.19 bits per heavy atom. The van der Waals surface area contributed by atoms with Gasteiger partial charge in [-0.3, -0.25) is 0 Å². The molecule has 1 heteroatoms. The van der Waals surface area contributed by atoms with Crippen LogP contribution in [-0.2, 0) is 6.54 Å². The molecule has 0 aliphatic rings. The van der Waals surface area contributed by atoms with Gasteiger partial charge in [0.2, 0.25) is 0 Å². The maximum Gasteiger partial charge on any atom is 0.0476 e. The lowest BCUT2D eigenvalue weighted by Crippen LogP contribution is -2.01. The second-order valence-corrected chi connectivity index (χ2v) is 4.29. The Kier molecular flexibility index (Phi) is 2.95. The van der Waals surface area contributed by atoms with Crippen LogP contribution in [0.5, 0.6) is 0 Å². The van der Waals surface area contributed by atoms with Gasteiger partial charge in [0.05, 0.1) is 0 Å². The van der Waals surface area contributed by atoms with E-state index in [1.807, 2.05) is 6.92 Å².